The van der Waals surface area contributed by atoms with E-state index in [4.69, 9.17) is 0 Å². The highest BCUT2D eigenvalue weighted by atomic mass is 16.1. The Hall–Kier alpha value is -0.850. The lowest BCUT2D eigenvalue weighted by Crippen LogP contribution is -2.49. The molecule has 0 bridgehead atoms. The van der Waals surface area contributed by atoms with Gasteiger partial charge in [0.2, 0.25) is 0 Å². The van der Waals surface area contributed by atoms with Gasteiger partial charge in [-0.15, -0.1) is 0 Å². The second kappa shape index (κ2) is 7.63. The largest absolute Gasteiger partial charge is 0.300 e. The minimum Gasteiger partial charge on any atom is -0.300 e. The molecular formula is C29H46O. The maximum Gasteiger partial charge on any atom is 0.133 e. The number of hydrogen-bond acceptors (Lipinski definition) is 1. The molecule has 0 spiro atoms. The molecule has 0 N–H and O–H groups in total. The van der Waals surface area contributed by atoms with E-state index in [1.165, 1.54) is 56.9 Å². The first kappa shape index (κ1) is 22.3. The summed E-state index contributed by atoms with van der Waals surface area (Å²) < 4.78 is 0. The van der Waals surface area contributed by atoms with E-state index in [1.807, 2.05) is 11.1 Å². The Kier molecular flexibility index (Phi) is 5.68. The smallest absolute Gasteiger partial charge is 0.133 e. The first-order valence-electron chi connectivity index (χ1n) is 13.0. The molecule has 0 unspecified atom stereocenters. The lowest BCUT2D eigenvalue weighted by Gasteiger charge is -2.58. The summed E-state index contributed by atoms with van der Waals surface area (Å²) in [5, 5.41) is 0. The Morgan fingerprint density at radius 3 is 2.43 bits per heavy atom. The average Bonchev–Trinajstić information content (AvgIpc) is 2.97. The summed E-state index contributed by atoms with van der Waals surface area (Å²) in [5.74, 6) is 3.38. The van der Waals surface area contributed by atoms with Crippen LogP contribution in [0, 0.1) is 39.9 Å². The van der Waals surface area contributed by atoms with Crippen LogP contribution in [-0.2, 0) is 4.79 Å². The van der Waals surface area contributed by atoms with Gasteiger partial charge in [-0.25, -0.2) is 0 Å². The van der Waals surface area contributed by atoms with Gasteiger partial charge in [-0.05, 0) is 97.7 Å². The lowest BCUT2D eigenvalue weighted by molar-refractivity contribution is -0.124. The second-order valence-corrected chi connectivity index (χ2v) is 12.6. The molecule has 1 heteroatoms. The Morgan fingerprint density at radius 2 is 1.73 bits per heavy atom. The van der Waals surface area contributed by atoms with Crippen molar-refractivity contribution >= 4 is 5.78 Å². The number of fused-ring (bicyclic) bond motifs is 4. The van der Waals surface area contributed by atoms with Crippen molar-refractivity contribution in [2.24, 2.45) is 39.9 Å². The van der Waals surface area contributed by atoms with E-state index in [1.54, 1.807) is 0 Å². The molecule has 0 aliphatic heterocycles. The van der Waals surface area contributed by atoms with Gasteiger partial charge in [0.05, 0.1) is 0 Å². The van der Waals surface area contributed by atoms with Gasteiger partial charge in [0.15, 0.2) is 0 Å². The molecule has 0 aromatic carbocycles. The zero-order valence-corrected chi connectivity index (χ0v) is 20.7. The lowest BCUT2D eigenvalue weighted by atomic mass is 9.46. The van der Waals surface area contributed by atoms with Crippen molar-refractivity contribution in [1.29, 1.82) is 0 Å². The van der Waals surface area contributed by atoms with Gasteiger partial charge in [0, 0.05) is 12.8 Å². The molecule has 0 amide bonds. The maximum atomic E-state index is 12.2. The first-order valence-corrected chi connectivity index (χ1v) is 13.0. The second-order valence-electron chi connectivity index (χ2n) is 12.6. The summed E-state index contributed by atoms with van der Waals surface area (Å²) in [6.45, 7) is 19.3. The molecule has 1 nitrogen and oxygen atoms in total. The molecule has 168 valence electrons. The van der Waals surface area contributed by atoms with E-state index < -0.39 is 0 Å². The summed E-state index contributed by atoms with van der Waals surface area (Å²) in [6.07, 6.45) is 13.2. The van der Waals surface area contributed by atoms with Crippen LogP contribution in [0.25, 0.3) is 0 Å². The standard InChI is InChI=1S/C29H46O/c1-19(2)20(3)8-9-21(4)24-13-16-29(7)26-11-10-22-18-23(30)12-15-27(22,5)25(26)14-17-28(24,29)6/h19,21-22,24H,3,8-18H2,1-2,4-7H3/t21-,22+,24-,27+,28-,29+/m1/s1. The van der Waals surface area contributed by atoms with Gasteiger partial charge in [-0.3, -0.25) is 4.79 Å². The van der Waals surface area contributed by atoms with E-state index in [0.717, 1.165) is 31.1 Å². The van der Waals surface area contributed by atoms with Gasteiger partial charge >= 0.3 is 0 Å². The summed E-state index contributed by atoms with van der Waals surface area (Å²) >= 11 is 0. The summed E-state index contributed by atoms with van der Waals surface area (Å²) in [6, 6.07) is 0. The molecule has 4 aliphatic rings. The van der Waals surface area contributed by atoms with Gasteiger partial charge < -0.3 is 0 Å². The Bertz CT molecular complexity index is 756. The van der Waals surface area contributed by atoms with E-state index >= 15 is 0 Å². The number of allylic oxidation sites excluding steroid dienone is 3. The van der Waals surface area contributed by atoms with E-state index in [9.17, 15) is 4.79 Å². The predicted octanol–water partition coefficient (Wildman–Crippen LogP) is 8.30. The van der Waals surface area contributed by atoms with Crippen LogP contribution < -0.4 is 0 Å². The number of carbonyl (C=O) groups is 1. The van der Waals surface area contributed by atoms with Crippen LogP contribution in [0.4, 0.5) is 0 Å². The fourth-order valence-electron chi connectivity index (χ4n) is 8.50. The van der Waals surface area contributed by atoms with Crippen molar-refractivity contribution in [2.75, 3.05) is 0 Å². The average molecular weight is 411 g/mol. The number of Topliss-reactive ketones (excluding diaryl/α,β-unsaturated/α-hetero) is 1. The van der Waals surface area contributed by atoms with Crippen LogP contribution in [-0.4, -0.2) is 5.78 Å². The third kappa shape index (κ3) is 3.20. The molecule has 0 radical (unpaired) electrons. The monoisotopic (exact) mass is 410 g/mol. The number of hydrogen-bond donors (Lipinski definition) is 0. The Labute approximate surface area is 186 Å². The Morgan fingerprint density at radius 1 is 1.00 bits per heavy atom. The van der Waals surface area contributed by atoms with Crippen molar-refractivity contribution in [2.45, 2.75) is 112 Å². The van der Waals surface area contributed by atoms with Crippen LogP contribution in [0.15, 0.2) is 23.3 Å². The number of ketones is 1. The van der Waals surface area contributed by atoms with Crippen molar-refractivity contribution in [3.05, 3.63) is 23.3 Å². The number of rotatable bonds is 5. The number of carbonyl (C=O) groups excluding carboxylic acids is 1. The highest BCUT2D eigenvalue weighted by Crippen LogP contribution is 2.71. The Balaban J connectivity index is 1.59. The molecule has 30 heavy (non-hydrogen) atoms. The molecule has 0 aromatic rings. The molecule has 4 rings (SSSR count). The maximum absolute atomic E-state index is 12.2. The van der Waals surface area contributed by atoms with E-state index in [2.05, 4.69) is 48.1 Å². The molecule has 6 atom stereocenters. The van der Waals surface area contributed by atoms with Crippen LogP contribution in [0.2, 0.25) is 0 Å². The fraction of sp³-hybridized carbons (Fsp3) is 0.828. The summed E-state index contributed by atoms with van der Waals surface area (Å²) in [7, 11) is 0. The van der Waals surface area contributed by atoms with E-state index in [0.29, 0.717) is 33.9 Å². The van der Waals surface area contributed by atoms with Crippen molar-refractivity contribution in [1.82, 2.24) is 0 Å². The molecule has 2 fully saturated rings. The zero-order chi connectivity index (χ0) is 21.9. The highest BCUT2D eigenvalue weighted by Gasteiger charge is 2.61. The third-order valence-electron chi connectivity index (χ3n) is 11.1. The fourth-order valence-corrected chi connectivity index (χ4v) is 8.50. The minimum atomic E-state index is 0.310. The first-order chi connectivity index (χ1) is 14.0. The zero-order valence-electron chi connectivity index (χ0n) is 20.7. The van der Waals surface area contributed by atoms with Gasteiger partial charge in [-0.1, -0.05) is 64.8 Å². The van der Waals surface area contributed by atoms with Crippen molar-refractivity contribution in [3.63, 3.8) is 0 Å². The van der Waals surface area contributed by atoms with Gasteiger partial charge in [-0.2, -0.15) is 0 Å². The minimum absolute atomic E-state index is 0.310. The van der Waals surface area contributed by atoms with Crippen LogP contribution >= 0.6 is 0 Å². The van der Waals surface area contributed by atoms with Crippen molar-refractivity contribution < 1.29 is 4.79 Å². The van der Waals surface area contributed by atoms with Crippen LogP contribution in [0.1, 0.15) is 112 Å². The normalized spacial score (nSPS) is 42.0. The topological polar surface area (TPSA) is 17.1 Å². The van der Waals surface area contributed by atoms with Crippen molar-refractivity contribution in [3.8, 4) is 0 Å². The molecule has 0 heterocycles. The molecule has 0 saturated heterocycles. The van der Waals surface area contributed by atoms with Crippen LogP contribution in [0.3, 0.4) is 0 Å². The highest BCUT2D eigenvalue weighted by molar-refractivity contribution is 5.80. The quantitative estimate of drug-likeness (QED) is 0.416. The molecule has 2 saturated carbocycles. The summed E-state index contributed by atoms with van der Waals surface area (Å²) in [4.78, 5) is 12.2. The SMILES string of the molecule is C=C(CC[C@@H](C)[C@H]1CC[C@@]2(C)C3=C(CC[C@]12C)[C@@]1(C)CCC(=O)C[C@@H]1CC3)C(C)C. The predicted molar refractivity (Wildman–Crippen MR) is 127 cm³/mol. The van der Waals surface area contributed by atoms with Gasteiger partial charge in [0.1, 0.15) is 5.78 Å². The molecule has 4 aliphatic carbocycles. The molecule has 0 aromatic heterocycles. The molecular weight excluding hydrogens is 364 g/mol. The van der Waals surface area contributed by atoms with E-state index in [-0.39, 0.29) is 0 Å². The van der Waals surface area contributed by atoms with Crippen LogP contribution in [0.5, 0.6) is 0 Å². The van der Waals surface area contributed by atoms with Gasteiger partial charge in [0.25, 0.3) is 0 Å². The third-order valence-corrected chi connectivity index (χ3v) is 11.1. The summed E-state index contributed by atoms with van der Waals surface area (Å²) in [5.41, 5.74) is 6.23.